The van der Waals surface area contributed by atoms with Gasteiger partial charge in [-0.15, -0.1) is 0 Å². The van der Waals surface area contributed by atoms with Crippen molar-refractivity contribution in [2.75, 3.05) is 9.80 Å². The largest absolute Gasteiger partial charge is 0.311 e. The number of anilines is 6. The Balaban J connectivity index is 0.996. The van der Waals surface area contributed by atoms with Crippen LogP contribution in [0.25, 0.3) is 34.3 Å². The van der Waals surface area contributed by atoms with Gasteiger partial charge in [-0.05, 0) is 124 Å². The third kappa shape index (κ3) is 7.58. The number of rotatable bonds is 9. The average Bonchev–Trinajstić information content (AvgIpc) is 3.20. The summed E-state index contributed by atoms with van der Waals surface area (Å²) in [5, 5.41) is 1.10. The normalized spacial score (nSPS) is 11.3. The molecule has 0 atom stereocenters. The molecular weight excluding hydrogens is 655 g/mol. The summed E-state index contributed by atoms with van der Waals surface area (Å²) in [4.78, 5) is 9.68. The fourth-order valence-corrected chi connectivity index (χ4v) is 6.77. The molecule has 0 N–H and O–H groups in total. The Morgan fingerprint density at radius 1 is 0.352 bits per heavy atom. The molecule has 3 heteroatoms. The number of hydrogen-bond acceptors (Lipinski definition) is 3. The molecular formula is C51H43N3. The molecule has 8 aromatic rings. The lowest BCUT2D eigenvalue weighted by molar-refractivity contribution is 1.27. The van der Waals surface area contributed by atoms with Gasteiger partial charge >= 0.3 is 0 Å². The minimum absolute atomic E-state index is 0.960. The second-order valence-electron chi connectivity index (χ2n) is 14.1. The van der Waals surface area contributed by atoms with Gasteiger partial charge in [0.2, 0.25) is 0 Å². The molecule has 3 nitrogen and oxygen atoms in total. The van der Waals surface area contributed by atoms with Gasteiger partial charge < -0.3 is 9.80 Å². The average molecular weight is 698 g/mol. The van der Waals surface area contributed by atoms with Crippen LogP contribution in [0.5, 0.6) is 0 Å². The number of benzene rings is 7. The van der Waals surface area contributed by atoms with Crippen LogP contribution in [0, 0.1) is 27.7 Å². The summed E-state index contributed by atoms with van der Waals surface area (Å²) in [5.74, 6) is 0. The zero-order chi connectivity index (χ0) is 37.0. The summed E-state index contributed by atoms with van der Waals surface area (Å²) in [6.45, 7) is 8.49. The second kappa shape index (κ2) is 15.1. The molecule has 0 bridgehead atoms. The summed E-state index contributed by atoms with van der Waals surface area (Å²) in [5.41, 5.74) is 17.1. The standard InChI is InChI=1S/C51H43N3/c1-36-5-22-44(23-6-36)53(45-24-7-37(2)8-25-45)48-30-17-41(18-31-48)14-13-40-15-19-42(20-16-40)50-33-21-43-35-49(32-34-51(43)52-50)54(46-26-9-38(3)10-27-46)47-28-11-39(4)12-29-47/h5-35H,1-4H3/b14-13+. The SMILES string of the molecule is Cc1ccc(N(c2ccc(C)cc2)c2ccc(/C=C/c3ccc(-c4ccc5cc(N(c6ccc(C)cc6)c6ccc(C)cc6)ccc5n4)cc3)cc2)cc1. The smallest absolute Gasteiger partial charge is 0.0711 e. The van der Waals surface area contributed by atoms with E-state index >= 15 is 0 Å². The number of hydrogen-bond donors (Lipinski definition) is 0. The lowest BCUT2D eigenvalue weighted by Gasteiger charge is -2.26. The van der Waals surface area contributed by atoms with Crippen molar-refractivity contribution in [1.82, 2.24) is 4.98 Å². The van der Waals surface area contributed by atoms with Crippen LogP contribution in [0.15, 0.2) is 176 Å². The zero-order valence-electron chi connectivity index (χ0n) is 31.2. The first-order chi connectivity index (χ1) is 26.4. The van der Waals surface area contributed by atoms with Crippen LogP contribution in [-0.4, -0.2) is 4.98 Å². The third-order valence-corrected chi connectivity index (χ3v) is 9.93. The van der Waals surface area contributed by atoms with Gasteiger partial charge in [0.25, 0.3) is 0 Å². The van der Waals surface area contributed by atoms with Crippen LogP contribution in [0.4, 0.5) is 34.1 Å². The molecule has 0 saturated carbocycles. The fraction of sp³-hybridized carbons (Fsp3) is 0.0784. The summed E-state index contributed by atoms with van der Waals surface area (Å²) in [6.07, 6.45) is 4.34. The van der Waals surface area contributed by atoms with E-state index in [0.29, 0.717) is 0 Å². The highest BCUT2D eigenvalue weighted by molar-refractivity contribution is 5.88. The van der Waals surface area contributed by atoms with Crippen molar-refractivity contribution in [3.05, 3.63) is 209 Å². The van der Waals surface area contributed by atoms with E-state index in [1.165, 1.54) is 22.3 Å². The van der Waals surface area contributed by atoms with Crippen molar-refractivity contribution in [2.45, 2.75) is 27.7 Å². The number of aryl methyl sites for hydroxylation is 4. The molecule has 8 rings (SSSR count). The van der Waals surface area contributed by atoms with Crippen LogP contribution in [-0.2, 0) is 0 Å². The van der Waals surface area contributed by atoms with Crippen molar-refractivity contribution < 1.29 is 0 Å². The number of aromatic nitrogens is 1. The third-order valence-electron chi connectivity index (χ3n) is 9.93. The van der Waals surface area contributed by atoms with Crippen LogP contribution in [0.3, 0.4) is 0 Å². The van der Waals surface area contributed by atoms with Crippen molar-refractivity contribution in [2.24, 2.45) is 0 Å². The topological polar surface area (TPSA) is 19.4 Å². The number of nitrogens with zero attached hydrogens (tertiary/aromatic N) is 3. The van der Waals surface area contributed by atoms with Crippen LogP contribution in [0.2, 0.25) is 0 Å². The van der Waals surface area contributed by atoms with E-state index in [2.05, 4.69) is 226 Å². The van der Waals surface area contributed by atoms with E-state index in [9.17, 15) is 0 Å². The Bertz CT molecular complexity index is 2440. The molecule has 0 unspecified atom stereocenters. The van der Waals surface area contributed by atoms with Gasteiger partial charge in [0.15, 0.2) is 0 Å². The summed E-state index contributed by atoms with van der Waals surface area (Å²) in [7, 11) is 0. The lowest BCUT2D eigenvalue weighted by Crippen LogP contribution is -2.10. The van der Waals surface area contributed by atoms with Crippen molar-refractivity contribution in [3.63, 3.8) is 0 Å². The Labute approximate surface area is 319 Å². The second-order valence-corrected chi connectivity index (χ2v) is 14.1. The maximum atomic E-state index is 5.07. The van der Waals surface area contributed by atoms with E-state index in [0.717, 1.165) is 67.4 Å². The van der Waals surface area contributed by atoms with Crippen molar-refractivity contribution in [1.29, 1.82) is 0 Å². The van der Waals surface area contributed by atoms with Gasteiger partial charge in [0.1, 0.15) is 0 Å². The first kappa shape index (κ1) is 34.4. The Hall–Kier alpha value is -6.71. The Morgan fingerprint density at radius 3 is 1.13 bits per heavy atom. The molecule has 262 valence electrons. The van der Waals surface area contributed by atoms with Crippen molar-refractivity contribution in [3.8, 4) is 11.3 Å². The minimum Gasteiger partial charge on any atom is -0.311 e. The predicted molar refractivity (Wildman–Crippen MR) is 231 cm³/mol. The molecule has 0 radical (unpaired) electrons. The predicted octanol–water partition coefficient (Wildman–Crippen LogP) is 14.2. The molecule has 0 saturated heterocycles. The summed E-state index contributed by atoms with van der Waals surface area (Å²) >= 11 is 0. The zero-order valence-corrected chi connectivity index (χ0v) is 31.2. The highest BCUT2D eigenvalue weighted by Crippen LogP contribution is 2.37. The molecule has 0 spiro atoms. The molecule has 1 aromatic heterocycles. The molecule has 54 heavy (non-hydrogen) atoms. The molecule has 1 heterocycles. The van der Waals surface area contributed by atoms with E-state index in [4.69, 9.17) is 4.98 Å². The van der Waals surface area contributed by atoms with Gasteiger partial charge in [-0.25, -0.2) is 4.98 Å². The van der Waals surface area contributed by atoms with Crippen molar-refractivity contribution >= 4 is 57.2 Å². The highest BCUT2D eigenvalue weighted by Gasteiger charge is 2.15. The molecule has 0 amide bonds. The molecule has 7 aromatic carbocycles. The monoisotopic (exact) mass is 697 g/mol. The quantitative estimate of drug-likeness (QED) is 0.140. The molecule has 0 aliphatic heterocycles. The fourth-order valence-electron chi connectivity index (χ4n) is 6.77. The van der Waals surface area contributed by atoms with Crippen LogP contribution in [0.1, 0.15) is 33.4 Å². The maximum absolute atomic E-state index is 5.07. The van der Waals surface area contributed by atoms with Gasteiger partial charge in [-0.3, -0.25) is 0 Å². The first-order valence-electron chi connectivity index (χ1n) is 18.5. The van der Waals surface area contributed by atoms with Gasteiger partial charge in [0.05, 0.1) is 11.2 Å². The maximum Gasteiger partial charge on any atom is 0.0711 e. The van der Waals surface area contributed by atoms with E-state index in [1.54, 1.807) is 0 Å². The number of fused-ring (bicyclic) bond motifs is 1. The number of pyridine rings is 1. The van der Waals surface area contributed by atoms with E-state index < -0.39 is 0 Å². The van der Waals surface area contributed by atoms with E-state index in [-0.39, 0.29) is 0 Å². The first-order valence-corrected chi connectivity index (χ1v) is 18.5. The minimum atomic E-state index is 0.960. The molecule has 0 aliphatic rings. The summed E-state index contributed by atoms with van der Waals surface area (Å²) in [6, 6.07) is 63.0. The highest BCUT2D eigenvalue weighted by atomic mass is 15.1. The Kier molecular flexibility index (Phi) is 9.62. The van der Waals surface area contributed by atoms with Gasteiger partial charge in [0, 0.05) is 45.1 Å². The van der Waals surface area contributed by atoms with Gasteiger partial charge in [-0.1, -0.05) is 125 Å². The van der Waals surface area contributed by atoms with Gasteiger partial charge in [-0.2, -0.15) is 0 Å². The molecule has 0 fully saturated rings. The van der Waals surface area contributed by atoms with Crippen LogP contribution >= 0.6 is 0 Å². The lowest BCUT2D eigenvalue weighted by atomic mass is 10.1. The van der Waals surface area contributed by atoms with Crippen LogP contribution < -0.4 is 9.80 Å². The van der Waals surface area contributed by atoms with E-state index in [1.807, 2.05) is 0 Å². The summed E-state index contributed by atoms with van der Waals surface area (Å²) < 4.78 is 0. The Morgan fingerprint density at radius 2 is 0.704 bits per heavy atom. The molecule has 0 aliphatic carbocycles.